The molecule has 31 heavy (non-hydrogen) atoms. The zero-order valence-electron chi connectivity index (χ0n) is 18.8. The second kappa shape index (κ2) is 7.88. The summed E-state index contributed by atoms with van der Waals surface area (Å²) in [5.41, 5.74) is 4.09. The summed E-state index contributed by atoms with van der Waals surface area (Å²) in [6, 6.07) is 13.5. The highest BCUT2D eigenvalue weighted by molar-refractivity contribution is 6.08. The van der Waals surface area contributed by atoms with E-state index in [0.29, 0.717) is 24.3 Å². The first-order valence-electron chi connectivity index (χ1n) is 10.6. The number of rotatable bonds is 4. The van der Waals surface area contributed by atoms with Crippen LogP contribution in [0.15, 0.2) is 53.7 Å². The number of ketones is 1. The molecule has 1 amide bonds. The number of para-hydroxylation sites is 1. The van der Waals surface area contributed by atoms with Gasteiger partial charge in [-0.1, -0.05) is 43.7 Å². The van der Waals surface area contributed by atoms with E-state index in [1.54, 1.807) is 19.1 Å². The van der Waals surface area contributed by atoms with Crippen LogP contribution in [-0.2, 0) is 9.59 Å². The summed E-state index contributed by atoms with van der Waals surface area (Å²) >= 11 is 0. The highest BCUT2D eigenvalue weighted by atomic mass is 16.5. The summed E-state index contributed by atoms with van der Waals surface area (Å²) in [5.74, 6) is 0.918. The Morgan fingerprint density at radius 2 is 1.68 bits per heavy atom. The molecule has 1 aliphatic carbocycles. The van der Waals surface area contributed by atoms with Crippen LogP contribution in [0.25, 0.3) is 0 Å². The average Bonchev–Trinajstić information content (AvgIpc) is 2.72. The van der Waals surface area contributed by atoms with Gasteiger partial charge in [0.15, 0.2) is 17.3 Å². The van der Waals surface area contributed by atoms with E-state index in [9.17, 15) is 9.59 Å². The highest BCUT2D eigenvalue weighted by Crippen LogP contribution is 2.50. The van der Waals surface area contributed by atoms with Crippen LogP contribution in [0.4, 0.5) is 5.69 Å². The molecule has 1 heterocycles. The molecule has 0 bridgehead atoms. The van der Waals surface area contributed by atoms with E-state index in [2.05, 4.69) is 13.8 Å². The third kappa shape index (κ3) is 3.73. The molecule has 1 unspecified atom stereocenters. The third-order valence-corrected chi connectivity index (χ3v) is 6.24. The van der Waals surface area contributed by atoms with Crippen LogP contribution in [0.1, 0.15) is 50.2 Å². The van der Waals surface area contributed by atoms with E-state index in [0.717, 1.165) is 28.1 Å². The van der Waals surface area contributed by atoms with Gasteiger partial charge in [0.1, 0.15) is 0 Å². The molecule has 1 atom stereocenters. The predicted molar refractivity (Wildman–Crippen MR) is 121 cm³/mol. The molecular formula is C26H29NO4. The van der Waals surface area contributed by atoms with Crippen molar-refractivity contribution in [1.29, 1.82) is 0 Å². The molecule has 0 fully saturated rings. The Morgan fingerprint density at radius 3 is 2.32 bits per heavy atom. The van der Waals surface area contributed by atoms with Crippen LogP contribution in [0.2, 0.25) is 0 Å². The lowest BCUT2D eigenvalue weighted by molar-refractivity contribution is -0.121. The molecule has 0 aromatic heterocycles. The summed E-state index contributed by atoms with van der Waals surface area (Å²) in [5, 5.41) is 0. The number of hydrogen-bond acceptors (Lipinski definition) is 4. The third-order valence-electron chi connectivity index (χ3n) is 6.24. The number of anilines is 1. The zero-order chi connectivity index (χ0) is 22.3. The van der Waals surface area contributed by atoms with Gasteiger partial charge in [0.05, 0.1) is 14.2 Å². The van der Waals surface area contributed by atoms with E-state index < -0.39 is 0 Å². The summed E-state index contributed by atoms with van der Waals surface area (Å²) < 4.78 is 11.1. The number of hydrogen-bond donors (Lipinski definition) is 0. The Kier molecular flexibility index (Phi) is 5.38. The number of amides is 1. The van der Waals surface area contributed by atoms with Gasteiger partial charge < -0.3 is 9.47 Å². The molecule has 2 aliphatic rings. The van der Waals surface area contributed by atoms with Crippen molar-refractivity contribution in [3.8, 4) is 11.5 Å². The Labute approximate surface area is 183 Å². The second-order valence-corrected chi connectivity index (χ2v) is 9.21. The minimum absolute atomic E-state index is 0.0111. The van der Waals surface area contributed by atoms with Gasteiger partial charge in [-0.2, -0.15) is 0 Å². The van der Waals surface area contributed by atoms with Crippen molar-refractivity contribution >= 4 is 17.4 Å². The molecule has 2 aromatic rings. The first kappa shape index (κ1) is 21.2. The number of benzene rings is 2. The lowest BCUT2D eigenvalue weighted by Crippen LogP contribution is -2.43. The largest absolute Gasteiger partial charge is 0.493 e. The quantitative estimate of drug-likeness (QED) is 0.686. The van der Waals surface area contributed by atoms with E-state index in [1.807, 2.05) is 49.4 Å². The number of ether oxygens (including phenoxy) is 2. The summed E-state index contributed by atoms with van der Waals surface area (Å²) in [6.07, 6.45) is 1.34. The molecule has 4 rings (SSSR count). The Bertz CT molecular complexity index is 1070. The van der Waals surface area contributed by atoms with E-state index in [1.165, 1.54) is 0 Å². The van der Waals surface area contributed by atoms with Gasteiger partial charge in [0, 0.05) is 41.3 Å². The molecule has 162 valence electrons. The zero-order valence-corrected chi connectivity index (χ0v) is 18.8. The van der Waals surface area contributed by atoms with E-state index in [4.69, 9.17) is 9.47 Å². The molecule has 0 saturated carbocycles. The number of aryl methyl sites for hydroxylation is 1. The number of allylic oxidation sites excluding steroid dienone is 2. The average molecular weight is 420 g/mol. The molecule has 0 N–H and O–H groups in total. The fourth-order valence-corrected chi connectivity index (χ4v) is 4.86. The van der Waals surface area contributed by atoms with E-state index >= 15 is 0 Å². The minimum Gasteiger partial charge on any atom is -0.493 e. The van der Waals surface area contributed by atoms with Gasteiger partial charge in [-0.25, -0.2) is 0 Å². The van der Waals surface area contributed by atoms with Crippen molar-refractivity contribution in [1.82, 2.24) is 0 Å². The smallest absolute Gasteiger partial charge is 0.232 e. The van der Waals surface area contributed by atoms with Gasteiger partial charge in [0.2, 0.25) is 5.91 Å². The van der Waals surface area contributed by atoms with Crippen LogP contribution in [0.5, 0.6) is 11.5 Å². The Morgan fingerprint density at radius 1 is 0.968 bits per heavy atom. The monoisotopic (exact) mass is 419 g/mol. The first-order chi connectivity index (χ1) is 14.8. The van der Waals surface area contributed by atoms with Crippen molar-refractivity contribution in [2.24, 2.45) is 5.41 Å². The van der Waals surface area contributed by atoms with Crippen molar-refractivity contribution < 1.29 is 19.1 Å². The maximum atomic E-state index is 13.5. The number of Topliss-reactive ketones (excluding diaryl/α,β-unsaturated/α-hetero) is 1. The van der Waals surface area contributed by atoms with Crippen LogP contribution >= 0.6 is 0 Å². The Balaban J connectivity index is 1.93. The van der Waals surface area contributed by atoms with Crippen molar-refractivity contribution in [2.75, 3.05) is 19.1 Å². The Hall–Kier alpha value is -3.08. The molecule has 1 aliphatic heterocycles. The van der Waals surface area contributed by atoms with Crippen molar-refractivity contribution in [3.63, 3.8) is 0 Å². The van der Waals surface area contributed by atoms with Crippen molar-refractivity contribution in [2.45, 2.75) is 46.0 Å². The molecular weight excluding hydrogens is 390 g/mol. The van der Waals surface area contributed by atoms with Crippen LogP contribution in [0, 0.1) is 12.3 Å². The SMILES string of the molecule is COc1cccc(C2CC(=O)N(c3ccc(C)cc3)C3=C2C(=O)CC(C)(C)C3)c1OC. The normalized spacial score (nSPS) is 20.5. The fraction of sp³-hybridized carbons (Fsp3) is 0.385. The second-order valence-electron chi connectivity index (χ2n) is 9.21. The first-order valence-corrected chi connectivity index (χ1v) is 10.6. The summed E-state index contributed by atoms with van der Waals surface area (Å²) in [4.78, 5) is 28.7. The lowest BCUT2D eigenvalue weighted by atomic mass is 9.69. The molecule has 0 saturated heterocycles. The van der Waals surface area contributed by atoms with Crippen LogP contribution in [-0.4, -0.2) is 25.9 Å². The predicted octanol–water partition coefficient (Wildman–Crippen LogP) is 5.18. The standard InChI is InChI=1S/C26H29NO4/c1-16-9-11-17(12-10-16)27-20-14-26(2,3)15-21(28)24(20)19(13-23(27)29)18-7-6-8-22(30-4)25(18)31-5/h6-12,19H,13-15H2,1-5H3. The van der Waals surface area contributed by atoms with Gasteiger partial charge >= 0.3 is 0 Å². The van der Waals surface area contributed by atoms with Gasteiger partial charge in [0.25, 0.3) is 0 Å². The van der Waals surface area contributed by atoms with Gasteiger partial charge in [-0.05, 0) is 37.0 Å². The number of carbonyl (C=O) groups excluding carboxylic acids is 2. The topological polar surface area (TPSA) is 55.8 Å². The molecule has 5 nitrogen and oxygen atoms in total. The van der Waals surface area contributed by atoms with E-state index in [-0.39, 0.29) is 29.4 Å². The number of methoxy groups -OCH3 is 2. The summed E-state index contributed by atoms with van der Waals surface area (Å²) in [6.45, 7) is 6.19. The van der Waals surface area contributed by atoms with Crippen LogP contribution < -0.4 is 14.4 Å². The molecule has 2 aromatic carbocycles. The van der Waals surface area contributed by atoms with Gasteiger partial charge in [-0.3, -0.25) is 14.5 Å². The van der Waals surface area contributed by atoms with Crippen LogP contribution in [0.3, 0.4) is 0 Å². The number of carbonyl (C=O) groups is 2. The highest BCUT2D eigenvalue weighted by Gasteiger charge is 2.45. The summed E-state index contributed by atoms with van der Waals surface area (Å²) in [7, 11) is 3.18. The maximum Gasteiger partial charge on any atom is 0.232 e. The minimum atomic E-state index is -0.349. The molecule has 0 radical (unpaired) electrons. The number of nitrogens with zero attached hydrogens (tertiary/aromatic N) is 1. The fourth-order valence-electron chi connectivity index (χ4n) is 4.86. The lowest BCUT2D eigenvalue weighted by Gasteiger charge is -2.43. The van der Waals surface area contributed by atoms with Crippen molar-refractivity contribution in [3.05, 3.63) is 64.9 Å². The van der Waals surface area contributed by atoms with Gasteiger partial charge in [-0.15, -0.1) is 0 Å². The maximum absolute atomic E-state index is 13.5. The molecule has 0 spiro atoms. The molecule has 5 heteroatoms.